The molecule has 8 nitrogen and oxygen atoms in total. The Morgan fingerprint density at radius 1 is 1.13 bits per heavy atom. The molecule has 2 aliphatic rings. The topological polar surface area (TPSA) is 82.5 Å². The Balaban J connectivity index is 1.82. The summed E-state index contributed by atoms with van der Waals surface area (Å²) in [5.41, 5.74) is 0.916. The van der Waals surface area contributed by atoms with E-state index in [0.717, 1.165) is 44.2 Å². The number of amides is 2. The van der Waals surface area contributed by atoms with Crippen LogP contribution in [0.2, 0.25) is 0 Å². The third kappa shape index (κ3) is 5.74. The van der Waals surface area contributed by atoms with E-state index < -0.39 is 11.5 Å². The van der Waals surface area contributed by atoms with Crippen LogP contribution in [0.1, 0.15) is 62.0 Å². The van der Waals surface area contributed by atoms with Gasteiger partial charge in [-0.1, -0.05) is 33.3 Å². The smallest absolute Gasteiger partial charge is 0.272 e. The van der Waals surface area contributed by atoms with Crippen LogP contribution in [0.25, 0.3) is 6.08 Å². The standard InChI is InChI=1S/C23H38N6O2/c1-23(2,3)20(22(31)24-4)26-21(30)19-17-16-27(5)14-15-29(17)18(25-19)10-9-13-28-11-7-6-8-12-28/h9-10,20H,6-8,11-16H2,1-5H3,(H,24,31)(H,26,30)/t20-/m1/s1. The number of carbonyl (C=O) groups excluding carboxylic acids is 2. The van der Waals surface area contributed by atoms with Crippen molar-refractivity contribution in [2.24, 2.45) is 5.41 Å². The Kier molecular flexibility index (Phi) is 7.54. The van der Waals surface area contributed by atoms with Gasteiger partial charge in [0.25, 0.3) is 5.91 Å². The summed E-state index contributed by atoms with van der Waals surface area (Å²) in [5.74, 6) is 0.323. The monoisotopic (exact) mass is 430 g/mol. The van der Waals surface area contributed by atoms with E-state index in [1.54, 1.807) is 7.05 Å². The summed E-state index contributed by atoms with van der Waals surface area (Å²) in [7, 11) is 3.64. The minimum absolute atomic E-state index is 0.201. The number of rotatable bonds is 6. The van der Waals surface area contributed by atoms with Gasteiger partial charge < -0.3 is 15.2 Å². The Hall–Kier alpha value is -2.19. The second-order valence-electron chi connectivity index (χ2n) is 9.81. The summed E-state index contributed by atoms with van der Waals surface area (Å²) < 4.78 is 2.15. The molecule has 2 aliphatic heterocycles. The van der Waals surface area contributed by atoms with Crippen molar-refractivity contribution in [2.75, 3.05) is 40.3 Å². The number of hydrogen-bond donors (Lipinski definition) is 2. The zero-order valence-electron chi connectivity index (χ0n) is 19.7. The zero-order chi connectivity index (χ0) is 22.6. The van der Waals surface area contributed by atoms with E-state index in [2.05, 4.69) is 31.1 Å². The molecule has 2 N–H and O–H groups in total. The molecule has 31 heavy (non-hydrogen) atoms. The van der Waals surface area contributed by atoms with Crippen molar-refractivity contribution >= 4 is 17.9 Å². The maximum absolute atomic E-state index is 13.2. The number of carbonyl (C=O) groups is 2. The molecule has 1 aromatic heterocycles. The predicted molar refractivity (Wildman–Crippen MR) is 123 cm³/mol. The minimum Gasteiger partial charge on any atom is -0.357 e. The van der Waals surface area contributed by atoms with Gasteiger partial charge in [0.15, 0.2) is 5.69 Å². The fourth-order valence-corrected chi connectivity index (χ4v) is 4.30. The number of piperidine rings is 1. The lowest BCUT2D eigenvalue weighted by atomic mass is 9.86. The molecule has 1 aromatic rings. The molecule has 0 spiro atoms. The van der Waals surface area contributed by atoms with Crippen molar-refractivity contribution in [1.29, 1.82) is 0 Å². The summed E-state index contributed by atoms with van der Waals surface area (Å²) in [6, 6.07) is -0.637. The molecule has 2 amide bonds. The predicted octanol–water partition coefficient (Wildman–Crippen LogP) is 1.72. The zero-order valence-corrected chi connectivity index (χ0v) is 19.7. The number of nitrogens with one attached hydrogen (secondary N) is 2. The maximum Gasteiger partial charge on any atom is 0.272 e. The van der Waals surface area contributed by atoms with Crippen LogP contribution in [0.3, 0.4) is 0 Å². The lowest BCUT2D eigenvalue weighted by Gasteiger charge is -2.30. The van der Waals surface area contributed by atoms with Crippen molar-refractivity contribution in [2.45, 2.75) is 59.2 Å². The van der Waals surface area contributed by atoms with E-state index in [0.29, 0.717) is 12.2 Å². The molecular weight excluding hydrogens is 392 g/mol. The van der Waals surface area contributed by atoms with E-state index in [1.165, 1.54) is 19.3 Å². The molecule has 1 atom stereocenters. The number of likely N-dealkylation sites (N-methyl/N-ethyl adjacent to an activating group) is 2. The lowest BCUT2D eigenvalue weighted by molar-refractivity contribution is -0.124. The number of likely N-dealkylation sites (tertiary alicyclic amines) is 1. The normalized spacial score (nSPS) is 19.3. The fraction of sp³-hybridized carbons (Fsp3) is 0.696. The van der Waals surface area contributed by atoms with Gasteiger partial charge >= 0.3 is 0 Å². The van der Waals surface area contributed by atoms with Crippen molar-refractivity contribution in [1.82, 2.24) is 30.0 Å². The van der Waals surface area contributed by atoms with Crippen LogP contribution in [0, 0.1) is 5.41 Å². The largest absolute Gasteiger partial charge is 0.357 e. The summed E-state index contributed by atoms with van der Waals surface area (Å²) in [6.45, 7) is 11.4. The van der Waals surface area contributed by atoms with Gasteiger partial charge in [-0.2, -0.15) is 0 Å². The Bertz CT molecular complexity index is 817. The number of nitrogens with zero attached hydrogens (tertiary/aromatic N) is 4. The molecule has 172 valence electrons. The molecule has 0 unspecified atom stereocenters. The van der Waals surface area contributed by atoms with E-state index in [9.17, 15) is 9.59 Å². The van der Waals surface area contributed by atoms with Crippen LogP contribution in [0.4, 0.5) is 0 Å². The fourth-order valence-electron chi connectivity index (χ4n) is 4.30. The Labute approximate surface area is 186 Å². The number of aromatic nitrogens is 2. The van der Waals surface area contributed by atoms with Crippen LogP contribution < -0.4 is 10.6 Å². The second kappa shape index (κ2) is 9.96. The summed E-state index contributed by atoms with van der Waals surface area (Å²) >= 11 is 0. The average molecular weight is 431 g/mol. The number of hydrogen-bond acceptors (Lipinski definition) is 5. The molecule has 8 heteroatoms. The first-order valence-corrected chi connectivity index (χ1v) is 11.4. The first-order valence-electron chi connectivity index (χ1n) is 11.4. The highest BCUT2D eigenvalue weighted by Crippen LogP contribution is 2.23. The summed E-state index contributed by atoms with van der Waals surface area (Å²) in [4.78, 5) is 35.0. The minimum atomic E-state index is -0.637. The first kappa shape index (κ1) is 23.5. The van der Waals surface area contributed by atoms with E-state index in [1.807, 2.05) is 33.9 Å². The second-order valence-corrected chi connectivity index (χ2v) is 9.81. The van der Waals surface area contributed by atoms with E-state index >= 15 is 0 Å². The molecule has 0 aliphatic carbocycles. The highest BCUT2D eigenvalue weighted by Gasteiger charge is 2.34. The van der Waals surface area contributed by atoms with Gasteiger partial charge in [0, 0.05) is 33.2 Å². The Morgan fingerprint density at radius 3 is 2.48 bits per heavy atom. The highest BCUT2D eigenvalue weighted by molar-refractivity contribution is 5.97. The number of fused-ring (bicyclic) bond motifs is 1. The SMILES string of the molecule is CNC(=O)[C@@H](NC(=O)c1nc(C=CCN2CCCCC2)n2c1CN(C)CC2)C(C)(C)C. The molecule has 3 heterocycles. The number of imidazole rings is 1. The van der Waals surface area contributed by atoms with Crippen LogP contribution in [-0.2, 0) is 17.9 Å². The van der Waals surface area contributed by atoms with Crippen LogP contribution in [0.15, 0.2) is 6.08 Å². The van der Waals surface area contributed by atoms with E-state index in [4.69, 9.17) is 4.98 Å². The third-order valence-corrected chi connectivity index (χ3v) is 6.17. The Morgan fingerprint density at radius 2 is 1.84 bits per heavy atom. The van der Waals surface area contributed by atoms with Crippen molar-refractivity contribution in [3.8, 4) is 0 Å². The molecular formula is C23H38N6O2. The highest BCUT2D eigenvalue weighted by atomic mass is 16.2. The molecule has 0 saturated carbocycles. The maximum atomic E-state index is 13.2. The van der Waals surface area contributed by atoms with Gasteiger partial charge in [0.2, 0.25) is 5.91 Å². The van der Waals surface area contributed by atoms with Gasteiger partial charge in [-0.3, -0.25) is 19.4 Å². The van der Waals surface area contributed by atoms with Crippen molar-refractivity contribution in [3.63, 3.8) is 0 Å². The van der Waals surface area contributed by atoms with Crippen LogP contribution >= 0.6 is 0 Å². The van der Waals surface area contributed by atoms with Crippen LogP contribution in [-0.4, -0.2) is 77.5 Å². The summed E-state index contributed by atoms with van der Waals surface area (Å²) in [6.07, 6.45) is 8.06. The van der Waals surface area contributed by atoms with Gasteiger partial charge in [0.05, 0.1) is 5.69 Å². The van der Waals surface area contributed by atoms with Gasteiger partial charge in [0.1, 0.15) is 11.9 Å². The van der Waals surface area contributed by atoms with Gasteiger partial charge in [-0.25, -0.2) is 4.98 Å². The average Bonchev–Trinajstić information content (AvgIpc) is 3.09. The molecule has 0 bridgehead atoms. The van der Waals surface area contributed by atoms with Crippen molar-refractivity contribution in [3.05, 3.63) is 23.3 Å². The van der Waals surface area contributed by atoms with Crippen molar-refractivity contribution < 1.29 is 9.59 Å². The quantitative estimate of drug-likeness (QED) is 0.718. The van der Waals surface area contributed by atoms with Gasteiger partial charge in [-0.05, 0) is 44.5 Å². The first-order chi connectivity index (χ1) is 14.7. The molecule has 0 radical (unpaired) electrons. The van der Waals surface area contributed by atoms with Crippen LogP contribution in [0.5, 0.6) is 0 Å². The molecule has 1 fully saturated rings. The molecule has 0 aromatic carbocycles. The van der Waals surface area contributed by atoms with E-state index in [-0.39, 0.29) is 11.8 Å². The molecule has 3 rings (SSSR count). The van der Waals surface area contributed by atoms with Gasteiger partial charge in [-0.15, -0.1) is 0 Å². The lowest BCUT2D eigenvalue weighted by Crippen LogP contribution is -2.53. The third-order valence-electron chi connectivity index (χ3n) is 6.17. The summed E-state index contributed by atoms with van der Waals surface area (Å²) in [5, 5.41) is 5.59. The molecule has 1 saturated heterocycles.